The third-order valence-electron chi connectivity index (χ3n) is 5.28. The van der Waals surface area contributed by atoms with Crippen LogP contribution in [0.1, 0.15) is 46.9 Å². The molecule has 4 heteroatoms. The average Bonchev–Trinajstić information content (AvgIpc) is 3.21. The molecule has 0 unspecified atom stereocenters. The Balaban J connectivity index is 1.77. The van der Waals surface area contributed by atoms with E-state index < -0.39 is 0 Å². The quantitative estimate of drug-likeness (QED) is 0.240. The molecule has 0 aliphatic carbocycles. The van der Waals surface area contributed by atoms with Crippen molar-refractivity contribution in [3.63, 3.8) is 0 Å². The molecular weight excluding hydrogens is 358 g/mol. The van der Waals surface area contributed by atoms with Crippen LogP contribution in [0.15, 0.2) is 67.3 Å². The van der Waals surface area contributed by atoms with Crippen LogP contribution in [0.25, 0.3) is 22.8 Å². The minimum Gasteiger partial charge on any atom is -0.320 e. The van der Waals surface area contributed by atoms with E-state index in [0.717, 1.165) is 27.9 Å². The van der Waals surface area contributed by atoms with Crippen LogP contribution >= 0.6 is 0 Å². The van der Waals surface area contributed by atoms with Crippen LogP contribution in [-0.4, -0.2) is 20.0 Å². The number of carbonyl (C=O) groups excluding carboxylic acids is 1. The first-order valence-corrected chi connectivity index (χ1v) is 9.91. The van der Waals surface area contributed by atoms with Gasteiger partial charge in [0.05, 0.1) is 22.3 Å². The number of rotatable bonds is 6. The van der Waals surface area contributed by atoms with Crippen molar-refractivity contribution in [3.05, 3.63) is 89.6 Å². The summed E-state index contributed by atoms with van der Waals surface area (Å²) < 4.78 is 3.97. The number of carbonyl (C=O) groups is 1. The standard InChI is InChI=1S/C25H25N3O/c1-5-16-27-21-8-6-7-9-22(21)28-25(27)24(18(4)26-28)23(29)15-12-19-10-13-20(14-11-19)17(2)3/h5-15,17H,1,16H2,2-4H3. The van der Waals surface area contributed by atoms with E-state index in [1.54, 1.807) is 6.08 Å². The topological polar surface area (TPSA) is 39.3 Å². The van der Waals surface area contributed by atoms with Crippen LogP contribution < -0.4 is 0 Å². The Kier molecular flexibility index (Phi) is 4.93. The zero-order valence-electron chi connectivity index (χ0n) is 17.1. The summed E-state index contributed by atoms with van der Waals surface area (Å²) in [5, 5.41) is 4.66. The summed E-state index contributed by atoms with van der Waals surface area (Å²) in [6.07, 6.45) is 5.36. The summed E-state index contributed by atoms with van der Waals surface area (Å²) in [6, 6.07) is 16.4. The molecule has 0 atom stereocenters. The first-order valence-electron chi connectivity index (χ1n) is 9.91. The van der Waals surface area contributed by atoms with E-state index in [2.05, 4.69) is 42.2 Å². The normalized spacial score (nSPS) is 11.9. The highest BCUT2D eigenvalue weighted by Crippen LogP contribution is 2.26. The first-order chi connectivity index (χ1) is 14.0. The fourth-order valence-electron chi connectivity index (χ4n) is 3.77. The molecular formula is C25H25N3O. The van der Waals surface area contributed by atoms with Crippen molar-refractivity contribution in [2.75, 3.05) is 0 Å². The van der Waals surface area contributed by atoms with Crippen LogP contribution in [0.3, 0.4) is 0 Å². The number of allylic oxidation sites excluding steroid dienone is 2. The van der Waals surface area contributed by atoms with E-state index in [1.165, 1.54) is 5.56 Å². The molecule has 2 aromatic heterocycles. The van der Waals surface area contributed by atoms with Crippen molar-refractivity contribution in [1.82, 2.24) is 14.2 Å². The zero-order chi connectivity index (χ0) is 20.5. The summed E-state index contributed by atoms with van der Waals surface area (Å²) in [6.45, 7) is 10.7. The molecule has 0 fully saturated rings. The molecule has 29 heavy (non-hydrogen) atoms. The SMILES string of the molecule is C=CCn1c2ccccc2n2nc(C)c(C(=O)C=Cc3ccc(C(C)C)cc3)c12. The minimum absolute atomic E-state index is 0.0430. The summed E-state index contributed by atoms with van der Waals surface area (Å²) in [4.78, 5) is 13.1. The molecule has 2 aromatic carbocycles. The van der Waals surface area contributed by atoms with Crippen molar-refractivity contribution >= 4 is 28.5 Å². The zero-order valence-corrected chi connectivity index (χ0v) is 17.1. The molecule has 0 aliphatic heterocycles. The van der Waals surface area contributed by atoms with Gasteiger partial charge in [0.25, 0.3) is 0 Å². The summed E-state index contributed by atoms with van der Waals surface area (Å²) in [7, 11) is 0. The lowest BCUT2D eigenvalue weighted by atomic mass is 10.0. The Morgan fingerprint density at radius 1 is 1.10 bits per heavy atom. The minimum atomic E-state index is -0.0430. The van der Waals surface area contributed by atoms with Crippen molar-refractivity contribution in [1.29, 1.82) is 0 Å². The molecule has 4 aromatic rings. The van der Waals surface area contributed by atoms with Gasteiger partial charge in [0, 0.05) is 6.54 Å². The van der Waals surface area contributed by atoms with E-state index in [0.29, 0.717) is 18.0 Å². The van der Waals surface area contributed by atoms with Gasteiger partial charge >= 0.3 is 0 Å². The maximum atomic E-state index is 13.1. The summed E-state index contributed by atoms with van der Waals surface area (Å²) in [5.74, 6) is 0.448. The van der Waals surface area contributed by atoms with Gasteiger partial charge in [-0.15, -0.1) is 6.58 Å². The van der Waals surface area contributed by atoms with Crippen LogP contribution in [0.4, 0.5) is 0 Å². The molecule has 4 rings (SSSR count). The van der Waals surface area contributed by atoms with Gasteiger partial charge in [0.15, 0.2) is 5.78 Å². The molecule has 0 N–H and O–H groups in total. The van der Waals surface area contributed by atoms with Crippen LogP contribution in [0.2, 0.25) is 0 Å². The molecule has 0 saturated heterocycles. The Labute approximate surface area is 170 Å². The van der Waals surface area contributed by atoms with Crippen molar-refractivity contribution in [3.8, 4) is 0 Å². The van der Waals surface area contributed by atoms with E-state index in [-0.39, 0.29) is 5.78 Å². The number of ketones is 1. The van der Waals surface area contributed by atoms with Gasteiger partial charge < -0.3 is 4.57 Å². The lowest BCUT2D eigenvalue weighted by Gasteiger charge is -2.05. The van der Waals surface area contributed by atoms with Crippen LogP contribution in [0.5, 0.6) is 0 Å². The van der Waals surface area contributed by atoms with Crippen molar-refractivity contribution in [2.45, 2.75) is 33.2 Å². The summed E-state index contributed by atoms with van der Waals surface area (Å²) >= 11 is 0. The molecule has 0 radical (unpaired) electrons. The number of imidazole rings is 1. The first kappa shape index (κ1) is 18.9. The van der Waals surface area contributed by atoms with Gasteiger partial charge in [-0.25, -0.2) is 4.52 Å². The van der Waals surface area contributed by atoms with E-state index in [9.17, 15) is 4.79 Å². The maximum Gasteiger partial charge on any atom is 0.191 e. The predicted molar refractivity (Wildman–Crippen MR) is 120 cm³/mol. The number of aromatic nitrogens is 3. The Bertz CT molecular complexity index is 1240. The number of benzene rings is 2. The van der Waals surface area contributed by atoms with Crippen molar-refractivity contribution in [2.24, 2.45) is 0 Å². The Hall–Kier alpha value is -3.40. The third kappa shape index (κ3) is 3.31. The number of fused-ring (bicyclic) bond motifs is 3. The third-order valence-corrected chi connectivity index (χ3v) is 5.28. The fraction of sp³-hybridized carbons (Fsp3) is 0.200. The number of nitrogens with zero attached hydrogens (tertiary/aromatic N) is 3. The number of hydrogen-bond donors (Lipinski definition) is 0. The lowest BCUT2D eigenvalue weighted by molar-refractivity contribution is 0.104. The van der Waals surface area contributed by atoms with E-state index in [4.69, 9.17) is 0 Å². The molecule has 0 aliphatic rings. The highest BCUT2D eigenvalue weighted by Gasteiger charge is 2.21. The highest BCUT2D eigenvalue weighted by molar-refractivity contribution is 6.12. The molecule has 0 spiro atoms. The van der Waals surface area contributed by atoms with Gasteiger partial charge in [-0.3, -0.25) is 4.79 Å². The van der Waals surface area contributed by atoms with Crippen LogP contribution in [-0.2, 0) is 6.54 Å². The van der Waals surface area contributed by atoms with Gasteiger partial charge in [0.2, 0.25) is 0 Å². The fourth-order valence-corrected chi connectivity index (χ4v) is 3.77. The van der Waals surface area contributed by atoms with Crippen LogP contribution in [0, 0.1) is 6.92 Å². The molecule has 0 bridgehead atoms. The van der Waals surface area contributed by atoms with E-state index >= 15 is 0 Å². The van der Waals surface area contributed by atoms with Gasteiger partial charge in [-0.2, -0.15) is 5.10 Å². The molecule has 146 valence electrons. The monoisotopic (exact) mass is 383 g/mol. The number of aryl methyl sites for hydroxylation is 1. The largest absolute Gasteiger partial charge is 0.320 e. The Morgan fingerprint density at radius 2 is 1.79 bits per heavy atom. The lowest BCUT2D eigenvalue weighted by Crippen LogP contribution is -2.02. The van der Waals surface area contributed by atoms with Gasteiger partial charge in [-0.1, -0.05) is 62.4 Å². The Morgan fingerprint density at radius 3 is 2.45 bits per heavy atom. The molecule has 0 saturated carbocycles. The van der Waals surface area contributed by atoms with Gasteiger partial charge in [0.1, 0.15) is 5.65 Å². The number of hydrogen-bond acceptors (Lipinski definition) is 2. The van der Waals surface area contributed by atoms with E-state index in [1.807, 2.05) is 60.0 Å². The smallest absolute Gasteiger partial charge is 0.191 e. The highest BCUT2D eigenvalue weighted by atomic mass is 16.1. The van der Waals surface area contributed by atoms with Gasteiger partial charge in [-0.05, 0) is 42.2 Å². The predicted octanol–water partition coefficient (Wildman–Crippen LogP) is 5.80. The molecule has 2 heterocycles. The summed E-state index contributed by atoms with van der Waals surface area (Å²) in [5.41, 5.74) is 6.50. The molecule has 0 amide bonds. The second-order valence-electron chi connectivity index (χ2n) is 7.60. The number of para-hydroxylation sites is 2. The molecule has 4 nitrogen and oxygen atoms in total. The average molecular weight is 383 g/mol. The second kappa shape index (κ2) is 7.55. The second-order valence-corrected chi connectivity index (χ2v) is 7.60. The maximum absolute atomic E-state index is 13.1. The van der Waals surface area contributed by atoms with Crippen molar-refractivity contribution < 1.29 is 4.79 Å².